The summed E-state index contributed by atoms with van der Waals surface area (Å²) in [6.07, 6.45) is -0.210. The van der Waals surface area contributed by atoms with Gasteiger partial charge in [-0.15, -0.1) is 0 Å². The maximum atomic E-state index is 12.9. The van der Waals surface area contributed by atoms with Crippen LogP contribution in [0.4, 0.5) is 13.2 Å². The van der Waals surface area contributed by atoms with Gasteiger partial charge in [0.2, 0.25) is 5.88 Å². The molecule has 3 nitrogen and oxygen atoms in total. The summed E-state index contributed by atoms with van der Waals surface area (Å²) in [4.78, 5) is 3.72. The van der Waals surface area contributed by atoms with Crippen molar-refractivity contribution >= 4 is 15.9 Å². The molecule has 1 atom stereocenters. The molecule has 0 saturated carbocycles. The first-order valence-corrected chi connectivity index (χ1v) is 7.32. The van der Waals surface area contributed by atoms with Crippen molar-refractivity contribution < 1.29 is 17.9 Å². The van der Waals surface area contributed by atoms with Crippen LogP contribution in [0.3, 0.4) is 0 Å². The molecule has 1 N–H and O–H groups in total. The molecule has 0 aromatic carbocycles. The highest BCUT2D eigenvalue weighted by atomic mass is 79.9. The van der Waals surface area contributed by atoms with E-state index in [0.29, 0.717) is 5.92 Å². The number of nitrogens with one attached hydrogen (secondary N) is 1. The normalized spacial score (nSPS) is 19.9. The van der Waals surface area contributed by atoms with Gasteiger partial charge in [-0.1, -0.05) is 0 Å². The summed E-state index contributed by atoms with van der Waals surface area (Å²) in [5.41, 5.74) is -0.839. The molecule has 1 fully saturated rings. The SMILES string of the molecule is FC(F)(F)c1cc(Br)cnc1OCCC1CCCNC1. The lowest BCUT2D eigenvalue weighted by atomic mass is 9.97. The minimum absolute atomic E-state index is 0.254. The fraction of sp³-hybridized carbons (Fsp3) is 0.615. The topological polar surface area (TPSA) is 34.1 Å². The molecule has 0 radical (unpaired) electrons. The third-order valence-electron chi connectivity index (χ3n) is 3.29. The van der Waals surface area contributed by atoms with Crippen LogP contribution in [0, 0.1) is 5.92 Å². The van der Waals surface area contributed by atoms with Crippen molar-refractivity contribution in [1.82, 2.24) is 10.3 Å². The number of nitrogens with zero attached hydrogens (tertiary/aromatic N) is 1. The van der Waals surface area contributed by atoms with Gasteiger partial charge in [-0.05, 0) is 60.3 Å². The lowest BCUT2D eigenvalue weighted by Gasteiger charge is -2.22. The average molecular weight is 353 g/mol. The molecule has 20 heavy (non-hydrogen) atoms. The van der Waals surface area contributed by atoms with Crippen LogP contribution in [0.2, 0.25) is 0 Å². The minimum Gasteiger partial charge on any atom is -0.477 e. The van der Waals surface area contributed by atoms with E-state index >= 15 is 0 Å². The van der Waals surface area contributed by atoms with E-state index in [1.165, 1.54) is 6.20 Å². The zero-order valence-electron chi connectivity index (χ0n) is 10.8. The molecule has 0 bridgehead atoms. The van der Waals surface area contributed by atoms with Crippen LogP contribution in [0.15, 0.2) is 16.7 Å². The van der Waals surface area contributed by atoms with Crippen LogP contribution in [0.25, 0.3) is 0 Å². The largest absolute Gasteiger partial charge is 0.477 e. The smallest absolute Gasteiger partial charge is 0.421 e. The second-order valence-corrected chi connectivity index (χ2v) is 5.77. The Morgan fingerprint density at radius 2 is 2.25 bits per heavy atom. The van der Waals surface area contributed by atoms with Crippen molar-refractivity contribution in [2.45, 2.75) is 25.4 Å². The molecular formula is C13H16BrF3N2O. The molecule has 1 aliphatic heterocycles. The fourth-order valence-corrected chi connectivity index (χ4v) is 2.57. The highest BCUT2D eigenvalue weighted by Crippen LogP contribution is 2.36. The predicted octanol–water partition coefficient (Wildman–Crippen LogP) is 3.63. The molecule has 1 saturated heterocycles. The number of ether oxygens (including phenoxy) is 1. The number of halogens is 4. The minimum atomic E-state index is -4.46. The lowest BCUT2D eigenvalue weighted by molar-refractivity contribution is -0.139. The lowest BCUT2D eigenvalue weighted by Crippen LogP contribution is -2.30. The highest BCUT2D eigenvalue weighted by Gasteiger charge is 2.35. The van der Waals surface area contributed by atoms with Crippen LogP contribution < -0.4 is 10.1 Å². The third-order valence-corrected chi connectivity index (χ3v) is 3.72. The van der Waals surface area contributed by atoms with Crippen molar-refractivity contribution in [3.8, 4) is 5.88 Å². The van der Waals surface area contributed by atoms with Crippen molar-refractivity contribution in [2.75, 3.05) is 19.7 Å². The fourth-order valence-electron chi connectivity index (χ4n) is 2.24. The van der Waals surface area contributed by atoms with Gasteiger partial charge in [-0.25, -0.2) is 4.98 Å². The Hall–Kier alpha value is -0.820. The Morgan fingerprint density at radius 1 is 1.45 bits per heavy atom. The monoisotopic (exact) mass is 352 g/mol. The summed E-state index contributed by atoms with van der Waals surface area (Å²) >= 11 is 2.99. The summed E-state index contributed by atoms with van der Waals surface area (Å²) in [6, 6.07) is 0.991. The van der Waals surface area contributed by atoms with Crippen LogP contribution >= 0.6 is 15.9 Å². The molecule has 112 valence electrons. The van der Waals surface area contributed by atoms with Gasteiger partial charge in [0.25, 0.3) is 0 Å². The Morgan fingerprint density at radius 3 is 2.90 bits per heavy atom. The third kappa shape index (κ3) is 4.34. The van der Waals surface area contributed by atoms with E-state index in [4.69, 9.17) is 4.74 Å². The van der Waals surface area contributed by atoms with E-state index in [2.05, 4.69) is 26.2 Å². The van der Waals surface area contributed by atoms with Crippen molar-refractivity contribution in [3.05, 3.63) is 22.3 Å². The summed E-state index contributed by atoms with van der Waals surface area (Å²) in [5.74, 6) is 0.123. The summed E-state index contributed by atoms with van der Waals surface area (Å²) in [6.45, 7) is 2.18. The molecule has 0 spiro atoms. The van der Waals surface area contributed by atoms with Gasteiger partial charge >= 0.3 is 6.18 Å². The van der Waals surface area contributed by atoms with Crippen LogP contribution in [-0.2, 0) is 6.18 Å². The number of piperidine rings is 1. The molecule has 0 aliphatic carbocycles. The second kappa shape index (κ2) is 6.76. The Balaban J connectivity index is 1.95. The first-order chi connectivity index (χ1) is 9.47. The molecule has 1 unspecified atom stereocenters. The number of hydrogen-bond acceptors (Lipinski definition) is 3. The van der Waals surface area contributed by atoms with E-state index in [1.807, 2.05) is 0 Å². The number of pyridine rings is 1. The summed E-state index contributed by atoms with van der Waals surface area (Å²) < 4.78 is 44.1. The Labute approximate surface area is 124 Å². The number of hydrogen-bond donors (Lipinski definition) is 1. The van der Waals surface area contributed by atoms with Gasteiger partial charge < -0.3 is 10.1 Å². The molecule has 0 amide bonds. The predicted molar refractivity (Wildman–Crippen MR) is 72.6 cm³/mol. The maximum Gasteiger partial charge on any atom is 0.421 e. The van der Waals surface area contributed by atoms with Crippen LogP contribution in [0.5, 0.6) is 5.88 Å². The Kier molecular flexibility index (Phi) is 5.26. The van der Waals surface area contributed by atoms with E-state index in [1.54, 1.807) is 0 Å². The first-order valence-electron chi connectivity index (χ1n) is 6.53. The van der Waals surface area contributed by atoms with E-state index in [-0.39, 0.29) is 17.0 Å². The Bertz CT molecular complexity index is 448. The van der Waals surface area contributed by atoms with Crippen molar-refractivity contribution in [3.63, 3.8) is 0 Å². The zero-order valence-corrected chi connectivity index (χ0v) is 12.4. The molecule has 1 aromatic rings. The van der Waals surface area contributed by atoms with Crippen molar-refractivity contribution in [2.24, 2.45) is 5.92 Å². The van der Waals surface area contributed by atoms with Gasteiger partial charge in [0.05, 0.1) is 6.61 Å². The number of aromatic nitrogens is 1. The van der Waals surface area contributed by atoms with Crippen LogP contribution in [-0.4, -0.2) is 24.7 Å². The van der Waals surface area contributed by atoms with E-state index in [9.17, 15) is 13.2 Å². The van der Waals surface area contributed by atoms with Gasteiger partial charge in [0.15, 0.2) is 0 Å². The molecular weight excluding hydrogens is 337 g/mol. The molecule has 2 heterocycles. The van der Waals surface area contributed by atoms with Gasteiger partial charge in [-0.2, -0.15) is 13.2 Å². The van der Waals surface area contributed by atoms with Gasteiger partial charge in [0, 0.05) is 10.7 Å². The molecule has 1 aliphatic rings. The zero-order chi connectivity index (χ0) is 14.6. The standard InChI is InChI=1S/C13H16BrF3N2O/c14-10-6-11(13(15,16)17)12(19-8-10)20-5-3-9-2-1-4-18-7-9/h6,8-9,18H,1-5,7H2. The number of alkyl halides is 3. The molecule has 7 heteroatoms. The highest BCUT2D eigenvalue weighted by molar-refractivity contribution is 9.10. The first kappa shape index (κ1) is 15.6. The average Bonchev–Trinajstić information content (AvgIpc) is 2.40. The molecule has 1 aromatic heterocycles. The quantitative estimate of drug-likeness (QED) is 0.898. The van der Waals surface area contributed by atoms with Crippen LogP contribution in [0.1, 0.15) is 24.8 Å². The summed E-state index contributed by atoms with van der Waals surface area (Å²) in [5, 5.41) is 3.27. The van der Waals surface area contributed by atoms with Gasteiger partial charge in [0.1, 0.15) is 5.56 Å². The van der Waals surface area contributed by atoms with E-state index in [0.717, 1.165) is 38.4 Å². The van der Waals surface area contributed by atoms with Crippen molar-refractivity contribution in [1.29, 1.82) is 0 Å². The summed E-state index contributed by atoms with van der Waals surface area (Å²) in [7, 11) is 0. The van der Waals surface area contributed by atoms with Gasteiger partial charge in [-0.3, -0.25) is 0 Å². The molecule has 2 rings (SSSR count). The van der Waals surface area contributed by atoms with E-state index < -0.39 is 11.7 Å². The second-order valence-electron chi connectivity index (χ2n) is 4.85. The maximum absolute atomic E-state index is 12.9. The number of rotatable bonds is 4.